The molecule has 0 saturated carbocycles. The second kappa shape index (κ2) is 6.45. The number of hydrogen-bond acceptors (Lipinski definition) is 3. The molecule has 1 aromatic carbocycles. The number of nitrogens with one attached hydrogen (secondary N) is 1. The molecule has 0 bridgehead atoms. The summed E-state index contributed by atoms with van der Waals surface area (Å²) in [6, 6.07) is 5.60. The fourth-order valence-corrected chi connectivity index (χ4v) is 1.93. The summed E-state index contributed by atoms with van der Waals surface area (Å²) in [7, 11) is 3.86. The van der Waals surface area contributed by atoms with Crippen LogP contribution in [0.5, 0.6) is 0 Å². The molecule has 90 valence electrons. The summed E-state index contributed by atoms with van der Waals surface area (Å²) in [5.74, 6) is 0. The van der Waals surface area contributed by atoms with E-state index in [0.717, 1.165) is 10.2 Å². The Morgan fingerprint density at radius 3 is 2.81 bits per heavy atom. The van der Waals surface area contributed by atoms with Gasteiger partial charge in [0.2, 0.25) is 0 Å². The maximum absolute atomic E-state index is 9.69. The van der Waals surface area contributed by atoms with Crippen LogP contribution in [0.25, 0.3) is 0 Å². The van der Waals surface area contributed by atoms with Gasteiger partial charge in [0.15, 0.2) is 0 Å². The fourth-order valence-electron chi connectivity index (χ4n) is 1.35. The van der Waals surface area contributed by atoms with Gasteiger partial charge < -0.3 is 15.3 Å². The van der Waals surface area contributed by atoms with Crippen LogP contribution in [-0.4, -0.2) is 43.3 Å². The maximum atomic E-state index is 9.69. The van der Waals surface area contributed by atoms with E-state index >= 15 is 0 Å². The Hall–Kier alpha value is -0.290. The summed E-state index contributed by atoms with van der Waals surface area (Å²) in [5.41, 5.74) is 0.894. The van der Waals surface area contributed by atoms with E-state index in [1.807, 2.05) is 37.2 Å². The molecule has 0 aliphatic carbocycles. The van der Waals surface area contributed by atoms with Gasteiger partial charge in [-0.15, -0.1) is 0 Å². The highest BCUT2D eigenvalue weighted by Crippen LogP contribution is 2.29. The van der Waals surface area contributed by atoms with Crippen molar-refractivity contribution in [2.45, 2.75) is 6.10 Å². The van der Waals surface area contributed by atoms with E-state index in [4.69, 9.17) is 11.6 Å². The normalized spacial score (nSPS) is 12.9. The average Bonchev–Trinajstić information content (AvgIpc) is 2.19. The van der Waals surface area contributed by atoms with Gasteiger partial charge in [-0.1, -0.05) is 17.7 Å². The number of likely N-dealkylation sites (N-methyl/N-ethyl adjacent to an activating group) is 1. The van der Waals surface area contributed by atoms with Crippen molar-refractivity contribution in [2.75, 3.05) is 32.5 Å². The van der Waals surface area contributed by atoms with Crippen LogP contribution in [-0.2, 0) is 0 Å². The molecule has 1 rings (SSSR count). The van der Waals surface area contributed by atoms with Crippen LogP contribution < -0.4 is 5.32 Å². The molecular formula is C11H16BrClN2O. The lowest BCUT2D eigenvalue weighted by Gasteiger charge is -2.17. The van der Waals surface area contributed by atoms with Crippen molar-refractivity contribution in [3.8, 4) is 0 Å². The zero-order valence-electron chi connectivity index (χ0n) is 9.37. The Bertz CT molecular complexity index is 347. The zero-order valence-corrected chi connectivity index (χ0v) is 11.7. The quantitative estimate of drug-likeness (QED) is 0.877. The van der Waals surface area contributed by atoms with Crippen LogP contribution in [0.2, 0.25) is 5.02 Å². The Morgan fingerprint density at radius 1 is 1.50 bits per heavy atom. The smallest absolute Gasteiger partial charge is 0.0838 e. The van der Waals surface area contributed by atoms with Gasteiger partial charge in [-0.25, -0.2) is 0 Å². The van der Waals surface area contributed by atoms with Gasteiger partial charge in [0, 0.05) is 13.1 Å². The van der Waals surface area contributed by atoms with E-state index in [2.05, 4.69) is 21.2 Å². The molecule has 0 radical (unpaired) electrons. The molecule has 0 aliphatic heterocycles. The molecule has 5 heteroatoms. The summed E-state index contributed by atoms with van der Waals surface area (Å²) < 4.78 is 0.828. The molecule has 0 fully saturated rings. The first-order valence-corrected chi connectivity index (χ1v) is 6.18. The van der Waals surface area contributed by atoms with Crippen molar-refractivity contribution < 1.29 is 5.11 Å². The zero-order chi connectivity index (χ0) is 12.1. The SMILES string of the molecule is CN(C)CC(O)CNc1cccc(Cl)c1Br. The Balaban J connectivity index is 2.51. The van der Waals surface area contributed by atoms with E-state index in [-0.39, 0.29) is 0 Å². The minimum absolute atomic E-state index is 0.402. The van der Waals surface area contributed by atoms with Crippen LogP contribution in [0.3, 0.4) is 0 Å². The molecule has 1 atom stereocenters. The molecule has 3 nitrogen and oxygen atoms in total. The molecule has 1 aromatic rings. The third-order valence-electron chi connectivity index (χ3n) is 2.06. The number of halogens is 2. The van der Waals surface area contributed by atoms with Gasteiger partial charge in [-0.05, 0) is 42.2 Å². The molecule has 0 spiro atoms. The largest absolute Gasteiger partial charge is 0.390 e. The van der Waals surface area contributed by atoms with Crippen LogP contribution in [0.1, 0.15) is 0 Å². The van der Waals surface area contributed by atoms with Crippen LogP contribution in [0.4, 0.5) is 5.69 Å². The molecule has 2 N–H and O–H groups in total. The van der Waals surface area contributed by atoms with E-state index in [9.17, 15) is 5.11 Å². The number of hydrogen-bond donors (Lipinski definition) is 2. The number of nitrogens with zero attached hydrogens (tertiary/aromatic N) is 1. The van der Waals surface area contributed by atoms with Crippen molar-refractivity contribution in [2.24, 2.45) is 0 Å². The molecule has 0 heterocycles. The number of aliphatic hydroxyl groups is 1. The minimum atomic E-state index is -0.402. The van der Waals surface area contributed by atoms with Gasteiger partial charge in [-0.3, -0.25) is 0 Å². The second-order valence-electron chi connectivity index (χ2n) is 3.90. The number of benzene rings is 1. The summed E-state index contributed by atoms with van der Waals surface area (Å²) in [5, 5.41) is 13.5. The first-order valence-electron chi connectivity index (χ1n) is 5.01. The van der Waals surface area contributed by atoms with E-state index in [0.29, 0.717) is 18.1 Å². The van der Waals surface area contributed by atoms with Crippen molar-refractivity contribution >= 4 is 33.2 Å². The van der Waals surface area contributed by atoms with Crippen molar-refractivity contribution in [1.82, 2.24) is 4.90 Å². The van der Waals surface area contributed by atoms with Crippen LogP contribution in [0.15, 0.2) is 22.7 Å². The van der Waals surface area contributed by atoms with E-state index in [1.165, 1.54) is 0 Å². The van der Waals surface area contributed by atoms with Crippen molar-refractivity contribution in [3.63, 3.8) is 0 Å². The molecule has 16 heavy (non-hydrogen) atoms. The third-order valence-corrected chi connectivity index (χ3v) is 3.45. The maximum Gasteiger partial charge on any atom is 0.0838 e. The standard InChI is InChI=1S/C11H16BrClN2O/c1-15(2)7-8(16)6-14-10-5-3-4-9(13)11(10)12/h3-5,8,14,16H,6-7H2,1-2H3. The summed E-state index contributed by atoms with van der Waals surface area (Å²) in [4.78, 5) is 1.94. The highest BCUT2D eigenvalue weighted by molar-refractivity contribution is 9.10. The fraction of sp³-hybridized carbons (Fsp3) is 0.455. The lowest BCUT2D eigenvalue weighted by Crippen LogP contribution is -2.31. The van der Waals surface area contributed by atoms with Crippen molar-refractivity contribution in [1.29, 1.82) is 0 Å². The topological polar surface area (TPSA) is 35.5 Å². The van der Waals surface area contributed by atoms with Gasteiger partial charge >= 0.3 is 0 Å². The predicted octanol–water partition coefficient (Wildman–Crippen LogP) is 2.44. The van der Waals surface area contributed by atoms with Gasteiger partial charge in [0.1, 0.15) is 0 Å². The van der Waals surface area contributed by atoms with Gasteiger partial charge in [0.05, 0.1) is 21.3 Å². The monoisotopic (exact) mass is 306 g/mol. The molecule has 0 aliphatic rings. The molecule has 1 unspecified atom stereocenters. The van der Waals surface area contributed by atoms with Crippen molar-refractivity contribution in [3.05, 3.63) is 27.7 Å². The second-order valence-corrected chi connectivity index (χ2v) is 5.10. The first-order chi connectivity index (χ1) is 7.50. The predicted molar refractivity (Wildman–Crippen MR) is 72.2 cm³/mol. The lowest BCUT2D eigenvalue weighted by molar-refractivity contribution is 0.148. The van der Waals surface area contributed by atoms with E-state index in [1.54, 1.807) is 0 Å². The van der Waals surface area contributed by atoms with Gasteiger partial charge in [-0.2, -0.15) is 0 Å². The Morgan fingerprint density at radius 2 is 2.19 bits per heavy atom. The Kier molecular flexibility index (Phi) is 5.55. The molecule has 0 aromatic heterocycles. The molecular weight excluding hydrogens is 291 g/mol. The highest BCUT2D eigenvalue weighted by Gasteiger charge is 2.07. The van der Waals surface area contributed by atoms with Gasteiger partial charge in [0.25, 0.3) is 0 Å². The number of anilines is 1. The third kappa shape index (κ3) is 4.29. The minimum Gasteiger partial charge on any atom is -0.390 e. The first kappa shape index (κ1) is 13.8. The number of aliphatic hydroxyl groups excluding tert-OH is 1. The van der Waals surface area contributed by atoms with E-state index < -0.39 is 6.10 Å². The van der Waals surface area contributed by atoms with Crippen LogP contribution >= 0.6 is 27.5 Å². The molecule has 0 amide bonds. The average molecular weight is 308 g/mol. The Labute approximate surface area is 110 Å². The summed E-state index contributed by atoms with van der Waals surface area (Å²) in [6.45, 7) is 1.13. The summed E-state index contributed by atoms with van der Waals surface area (Å²) >= 11 is 9.35. The highest BCUT2D eigenvalue weighted by atomic mass is 79.9. The van der Waals surface area contributed by atoms with Crippen LogP contribution in [0, 0.1) is 0 Å². The number of rotatable bonds is 5. The summed E-state index contributed by atoms with van der Waals surface area (Å²) in [6.07, 6.45) is -0.402. The lowest BCUT2D eigenvalue weighted by atomic mass is 10.3. The molecule has 0 saturated heterocycles.